The second kappa shape index (κ2) is 7.27. The maximum Gasteiger partial charge on any atom is 0.250 e. The Bertz CT molecular complexity index is 857. The SMILES string of the molecule is O=C(/C=C/c1cccs1)Nc1nc(-c2ccc(Cl)c(Cl)c2)cs1. The number of anilines is 1. The lowest BCUT2D eigenvalue weighted by Gasteiger charge is -1.99. The molecule has 3 aromatic rings. The number of benzene rings is 1. The van der Waals surface area contributed by atoms with E-state index in [0.29, 0.717) is 15.2 Å². The molecule has 0 unspecified atom stereocenters. The molecule has 1 amide bonds. The van der Waals surface area contributed by atoms with E-state index in [1.165, 1.54) is 17.4 Å². The van der Waals surface area contributed by atoms with E-state index in [1.54, 1.807) is 29.5 Å². The van der Waals surface area contributed by atoms with Crippen molar-refractivity contribution in [1.29, 1.82) is 0 Å². The molecule has 1 aromatic carbocycles. The van der Waals surface area contributed by atoms with Gasteiger partial charge in [0.25, 0.3) is 0 Å². The zero-order valence-corrected chi connectivity index (χ0v) is 14.8. The highest BCUT2D eigenvalue weighted by molar-refractivity contribution is 7.14. The molecule has 0 radical (unpaired) electrons. The van der Waals surface area contributed by atoms with Gasteiger partial charge in [-0.1, -0.05) is 35.3 Å². The van der Waals surface area contributed by atoms with Crippen LogP contribution in [0.15, 0.2) is 47.2 Å². The van der Waals surface area contributed by atoms with Crippen molar-refractivity contribution in [2.45, 2.75) is 0 Å². The van der Waals surface area contributed by atoms with Crippen LogP contribution in [-0.2, 0) is 4.79 Å². The summed E-state index contributed by atoms with van der Waals surface area (Å²) >= 11 is 14.8. The van der Waals surface area contributed by atoms with E-state index >= 15 is 0 Å². The minimum Gasteiger partial charge on any atom is -0.298 e. The zero-order chi connectivity index (χ0) is 16.2. The predicted octanol–water partition coefficient (Wildman–Crippen LogP) is 5.83. The van der Waals surface area contributed by atoms with Crippen LogP contribution in [0.4, 0.5) is 5.13 Å². The molecule has 3 nitrogen and oxygen atoms in total. The van der Waals surface area contributed by atoms with Crippen molar-refractivity contribution in [3.63, 3.8) is 0 Å². The van der Waals surface area contributed by atoms with Crippen LogP contribution in [-0.4, -0.2) is 10.9 Å². The van der Waals surface area contributed by atoms with Gasteiger partial charge in [-0.05, 0) is 29.7 Å². The van der Waals surface area contributed by atoms with Gasteiger partial charge in [-0.15, -0.1) is 22.7 Å². The molecule has 0 atom stereocenters. The summed E-state index contributed by atoms with van der Waals surface area (Å²) in [7, 11) is 0. The molecule has 0 aliphatic heterocycles. The third-order valence-corrected chi connectivity index (χ3v) is 5.23. The van der Waals surface area contributed by atoms with Crippen LogP contribution in [0.3, 0.4) is 0 Å². The number of thiophene rings is 1. The maximum absolute atomic E-state index is 11.9. The Balaban J connectivity index is 1.69. The highest BCUT2D eigenvalue weighted by Crippen LogP contribution is 2.30. The number of carbonyl (C=O) groups is 1. The van der Waals surface area contributed by atoms with Crippen molar-refractivity contribution < 1.29 is 4.79 Å². The van der Waals surface area contributed by atoms with E-state index in [9.17, 15) is 4.79 Å². The summed E-state index contributed by atoms with van der Waals surface area (Å²) in [5, 5.41) is 8.07. The molecule has 116 valence electrons. The second-order valence-corrected chi connectivity index (χ2v) is 7.16. The number of thiazole rings is 1. The molecule has 0 saturated heterocycles. The van der Waals surface area contributed by atoms with Crippen LogP contribution in [0.2, 0.25) is 10.0 Å². The van der Waals surface area contributed by atoms with Crippen molar-refractivity contribution in [1.82, 2.24) is 4.98 Å². The van der Waals surface area contributed by atoms with Gasteiger partial charge in [-0.25, -0.2) is 4.98 Å². The van der Waals surface area contributed by atoms with Gasteiger partial charge in [-0.2, -0.15) is 0 Å². The molecule has 2 aromatic heterocycles. The highest BCUT2D eigenvalue weighted by Gasteiger charge is 2.08. The van der Waals surface area contributed by atoms with E-state index in [4.69, 9.17) is 23.2 Å². The number of hydrogen-bond donors (Lipinski definition) is 1. The molecular weight excluding hydrogens is 371 g/mol. The number of rotatable bonds is 4. The van der Waals surface area contributed by atoms with E-state index in [2.05, 4.69) is 10.3 Å². The van der Waals surface area contributed by atoms with Gasteiger partial charge >= 0.3 is 0 Å². The number of carbonyl (C=O) groups excluding carboxylic acids is 1. The molecule has 0 aliphatic rings. The lowest BCUT2D eigenvalue weighted by molar-refractivity contribution is -0.111. The molecule has 2 heterocycles. The lowest BCUT2D eigenvalue weighted by Crippen LogP contribution is -2.07. The quantitative estimate of drug-likeness (QED) is 0.578. The van der Waals surface area contributed by atoms with Gasteiger partial charge in [0.15, 0.2) is 5.13 Å². The molecule has 7 heteroatoms. The standard InChI is InChI=1S/C16H10Cl2N2OS2/c17-12-5-3-10(8-13(12)18)14-9-23-16(19-14)20-15(21)6-4-11-2-1-7-22-11/h1-9H,(H,19,20,21)/b6-4+. The number of amides is 1. The third kappa shape index (κ3) is 4.20. The largest absolute Gasteiger partial charge is 0.298 e. The average molecular weight is 381 g/mol. The van der Waals surface area contributed by atoms with E-state index in [1.807, 2.05) is 29.0 Å². The smallest absolute Gasteiger partial charge is 0.250 e. The number of hydrogen-bond acceptors (Lipinski definition) is 4. The first-order chi connectivity index (χ1) is 11.1. The van der Waals surface area contributed by atoms with Gasteiger partial charge in [-0.3, -0.25) is 10.1 Å². The topological polar surface area (TPSA) is 42.0 Å². The van der Waals surface area contributed by atoms with Crippen LogP contribution >= 0.6 is 45.9 Å². The van der Waals surface area contributed by atoms with Crippen LogP contribution in [0.25, 0.3) is 17.3 Å². The average Bonchev–Trinajstić information content (AvgIpc) is 3.19. The number of nitrogens with one attached hydrogen (secondary N) is 1. The Morgan fingerprint density at radius 1 is 1.17 bits per heavy atom. The van der Waals surface area contributed by atoms with Crippen LogP contribution in [0.5, 0.6) is 0 Å². The summed E-state index contributed by atoms with van der Waals surface area (Å²) in [4.78, 5) is 17.3. The Hall–Kier alpha value is -1.66. The normalized spacial score (nSPS) is 11.0. The van der Waals surface area contributed by atoms with Crippen LogP contribution in [0.1, 0.15) is 4.88 Å². The molecule has 23 heavy (non-hydrogen) atoms. The van der Waals surface area contributed by atoms with Gasteiger partial charge in [0.2, 0.25) is 5.91 Å². The van der Waals surface area contributed by atoms with Gasteiger partial charge in [0.05, 0.1) is 15.7 Å². The summed E-state index contributed by atoms with van der Waals surface area (Å²) in [5.41, 5.74) is 1.59. The molecule has 0 aliphatic carbocycles. The van der Waals surface area contributed by atoms with Crippen LogP contribution < -0.4 is 5.32 Å². The van der Waals surface area contributed by atoms with E-state index in [0.717, 1.165) is 16.1 Å². The first-order valence-electron chi connectivity index (χ1n) is 6.55. The van der Waals surface area contributed by atoms with Crippen LogP contribution in [0, 0.1) is 0 Å². The van der Waals surface area contributed by atoms with Crippen molar-refractivity contribution in [2.75, 3.05) is 5.32 Å². The number of nitrogens with zero attached hydrogens (tertiary/aromatic N) is 1. The Morgan fingerprint density at radius 3 is 2.78 bits per heavy atom. The highest BCUT2D eigenvalue weighted by atomic mass is 35.5. The van der Waals surface area contributed by atoms with E-state index < -0.39 is 0 Å². The lowest BCUT2D eigenvalue weighted by atomic mass is 10.2. The molecule has 0 bridgehead atoms. The van der Waals surface area contributed by atoms with Gasteiger partial charge in [0, 0.05) is 21.9 Å². The first kappa shape index (κ1) is 16.2. The van der Waals surface area contributed by atoms with E-state index in [-0.39, 0.29) is 5.91 Å². The zero-order valence-electron chi connectivity index (χ0n) is 11.6. The Morgan fingerprint density at radius 2 is 2.04 bits per heavy atom. The fraction of sp³-hybridized carbons (Fsp3) is 0. The van der Waals surface area contributed by atoms with Crippen molar-refractivity contribution in [3.8, 4) is 11.3 Å². The third-order valence-electron chi connectivity index (χ3n) is 2.89. The number of halogens is 2. The molecule has 3 rings (SSSR count). The maximum atomic E-state index is 11.9. The fourth-order valence-corrected chi connectivity index (χ4v) is 3.45. The first-order valence-corrected chi connectivity index (χ1v) is 9.07. The summed E-state index contributed by atoms with van der Waals surface area (Å²) in [6.45, 7) is 0. The molecule has 0 fully saturated rings. The summed E-state index contributed by atoms with van der Waals surface area (Å²) < 4.78 is 0. The number of aromatic nitrogens is 1. The van der Waals surface area contributed by atoms with Gasteiger partial charge < -0.3 is 0 Å². The van der Waals surface area contributed by atoms with Gasteiger partial charge in [0.1, 0.15) is 0 Å². The summed E-state index contributed by atoms with van der Waals surface area (Å²) in [6.07, 6.45) is 3.26. The monoisotopic (exact) mass is 380 g/mol. The molecular formula is C16H10Cl2N2OS2. The summed E-state index contributed by atoms with van der Waals surface area (Å²) in [5.74, 6) is -0.214. The molecule has 1 N–H and O–H groups in total. The minimum absolute atomic E-state index is 0.214. The minimum atomic E-state index is -0.214. The summed E-state index contributed by atoms with van der Waals surface area (Å²) in [6, 6.07) is 9.19. The van der Waals surface area contributed by atoms with Crippen molar-refractivity contribution >= 4 is 63.0 Å². The Labute approximate surface area is 151 Å². The molecule has 0 spiro atoms. The fourth-order valence-electron chi connectivity index (χ4n) is 1.81. The van der Waals surface area contributed by atoms with Crippen molar-refractivity contribution in [3.05, 3.63) is 62.1 Å². The molecule has 0 saturated carbocycles. The van der Waals surface area contributed by atoms with Crippen molar-refractivity contribution in [2.24, 2.45) is 0 Å². The Kier molecular flexibility index (Phi) is 5.13. The second-order valence-electron chi connectivity index (χ2n) is 4.50. The predicted molar refractivity (Wildman–Crippen MR) is 99.6 cm³/mol.